The van der Waals surface area contributed by atoms with Gasteiger partial charge >= 0.3 is 0 Å². The molecule has 0 aliphatic heterocycles. The van der Waals surface area contributed by atoms with Gasteiger partial charge in [-0.1, -0.05) is 13.8 Å². The normalized spacial score (nSPS) is 11.2. The Morgan fingerprint density at radius 1 is 0.842 bits per heavy atom. The van der Waals surface area contributed by atoms with Crippen LogP contribution in [0.1, 0.15) is 51.9 Å². The van der Waals surface area contributed by atoms with Crippen LogP contribution >= 0.6 is 0 Å². The van der Waals surface area contributed by atoms with Crippen LogP contribution in [0.2, 0.25) is 0 Å². The second-order valence-electron chi connectivity index (χ2n) is 5.92. The van der Waals surface area contributed by atoms with E-state index in [0.717, 1.165) is 16.9 Å². The molecule has 0 saturated heterocycles. The first kappa shape index (κ1) is 15.5. The Morgan fingerprint density at radius 3 is 1.58 bits per heavy atom. The third-order valence-electron chi connectivity index (χ3n) is 2.65. The molecule has 0 heterocycles. The fraction of sp³-hybridized carbons (Fsp3) is 0.562. The molecule has 0 saturated carbocycles. The van der Waals surface area contributed by atoms with Crippen molar-refractivity contribution >= 4 is 17.2 Å². The van der Waals surface area contributed by atoms with Gasteiger partial charge in [-0.15, -0.1) is 0 Å². The Labute approximate surface area is 116 Å². The van der Waals surface area contributed by atoms with Crippen molar-refractivity contribution in [3.8, 4) is 0 Å². The molecule has 19 heavy (non-hydrogen) atoms. The van der Waals surface area contributed by atoms with E-state index >= 15 is 0 Å². The zero-order valence-corrected chi connectivity index (χ0v) is 12.9. The number of hydrogen-bond acceptors (Lipinski definition) is 3. The van der Waals surface area contributed by atoms with Crippen LogP contribution in [0, 0.1) is 5.92 Å². The third-order valence-corrected chi connectivity index (χ3v) is 2.65. The Kier molecular flexibility index (Phi) is 5.40. The summed E-state index contributed by atoms with van der Waals surface area (Å²) in [5, 5.41) is 6.72. The van der Waals surface area contributed by atoms with Gasteiger partial charge in [0.25, 0.3) is 0 Å². The van der Waals surface area contributed by atoms with Crippen LogP contribution in [0.25, 0.3) is 0 Å². The molecular weight excluding hydrogens is 236 g/mol. The first-order valence-electron chi connectivity index (χ1n) is 7.02. The number of Topliss-reactive ketones (excluding diaryl/α,β-unsaturated/α-hetero) is 1. The maximum atomic E-state index is 12.2. The molecule has 1 aromatic carbocycles. The lowest BCUT2D eigenvalue weighted by atomic mass is 10.00. The van der Waals surface area contributed by atoms with Gasteiger partial charge in [-0.3, -0.25) is 4.79 Å². The van der Waals surface area contributed by atoms with E-state index in [9.17, 15) is 4.79 Å². The molecule has 1 aromatic rings. The number of benzene rings is 1. The number of ketones is 1. The minimum Gasteiger partial charge on any atom is -0.383 e. The van der Waals surface area contributed by atoms with Crippen molar-refractivity contribution in [2.75, 3.05) is 10.6 Å². The molecule has 0 fully saturated rings. The van der Waals surface area contributed by atoms with Crippen molar-refractivity contribution in [2.24, 2.45) is 5.92 Å². The number of carbonyl (C=O) groups excluding carboxylic acids is 1. The fourth-order valence-corrected chi connectivity index (χ4v) is 1.94. The summed E-state index contributed by atoms with van der Waals surface area (Å²) in [5.74, 6) is 0.195. The lowest BCUT2D eigenvalue weighted by Gasteiger charge is -2.17. The summed E-state index contributed by atoms with van der Waals surface area (Å²) >= 11 is 0. The zero-order chi connectivity index (χ0) is 14.6. The molecule has 106 valence electrons. The standard InChI is InChI=1S/C16H26N2O/c1-10(2)16(19)13-7-14(17-11(3)4)9-15(8-13)18-12(5)6/h7-12,17-18H,1-6H3. The van der Waals surface area contributed by atoms with Gasteiger partial charge in [0.2, 0.25) is 0 Å². The maximum absolute atomic E-state index is 12.2. The summed E-state index contributed by atoms with van der Waals surface area (Å²) in [5.41, 5.74) is 2.75. The van der Waals surface area contributed by atoms with Crippen molar-refractivity contribution < 1.29 is 4.79 Å². The lowest BCUT2D eigenvalue weighted by molar-refractivity contribution is 0.0939. The van der Waals surface area contributed by atoms with Crippen LogP contribution in [0.15, 0.2) is 18.2 Å². The Bertz CT molecular complexity index is 408. The number of hydrogen-bond donors (Lipinski definition) is 2. The van der Waals surface area contributed by atoms with Gasteiger partial charge < -0.3 is 10.6 Å². The van der Waals surface area contributed by atoms with Gasteiger partial charge in [0.05, 0.1) is 0 Å². The van der Waals surface area contributed by atoms with Crippen LogP contribution in [0.4, 0.5) is 11.4 Å². The highest BCUT2D eigenvalue weighted by atomic mass is 16.1. The molecule has 0 amide bonds. The van der Waals surface area contributed by atoms with Gasteiger partial charge in [-0.2, -0.15) is 0 Å². The molecular formula is C16H26N2O. The second-order valence-corrected chi connectivity index (χ2v) is 5.92. The molecule has 0 atom stereocenters. The third kappa shape index (κ3) is 4.93. The highest BCUT2D eigenvalue weighted by molar-refractivity contribution is 5.99. The van der Waals surface area contributed by atoms with Crippen LogP contribution < -0.4 is 10.6 Å². The van der Waals surface area contributed by atoms with Gasteiger partial charge in [0.15, 0.2) is 5.78 Å². The highest BCUT2D eigenvalue weighted by Crippen LogP contribution is 2.22. The van der Waals surface area contributed by atoms with E-state index in [1.54, 1.807) is 0 Å². The van der Waals surface area contributed by atoms with Crippen LogP contribution in [-0.2, 0) is 0 Å². The smallest absolute Gasteiger partial charge is 0.165 e. The number of anilines is 2. The van der Waals surface area contributed by atoms with Crippen molar-refractivity contribution in [1.82, 2.24) is 0 Å². The average Bonchev–Trinajstić information content (AvgIpc) is 2.25. The van der Waals surface area contributed by atoms with Crippen LogP contribution in [-0.4, -0.2) is 17.9 Å². The summed E-state index contributed by atoms with van der Waals surface area (Å²) in [6.45, 7) is 12.2. The molecule has 0 unspecified atom stereocenters. The van der Waals surface area contributed by atoms with Crippen molar-refractivity contribution in [1.29, 1.82) is 0 Å². The maximum Gasteiger partial charge on any atom is 0.165 e. The van der Waals surface area contributed by atoms with E-state index in [4.69, 9.17) is 0 Å². The topological polar surface area (TPSA) is 41.1 Å². The molecule has 0 bridgehead atoms. The van der Waals surface area contributed by atoms with Crippen LogP contribution in [0.5, 0.6) is 0 Å². The number of nitrogens with one attached hydrogen (secondary N) is 2. The number of rotatable bonds is 6. The largest absolute Gasteiger partial charge is 0.383 e. The average molecular weight is 262 g/mol. The van der Waals surface area contributed by atoms with Crippen LogP contribution in [0.3, 0.4) is 0 Å². The molecule has 3 heteroatoms. The molecule has 0 spiro atoms. The summed E-state index contributed by atoms with van der Waals surface area (Å²) in [7, 11) is 0. The quantitative estimate of drug-likeness (QED) is 0.756. The van der Waals surface area contributed by atoms with E-state index in [-0.39, 0.29) is 11.7 Å². The summed E-state index contributed by atoms with van der Waals surface area (Å²) in [6.07, 6.45) is 0. The first-order chi connectivity index (χ1) is 8.79. The number of carbonyl (C=O) groups is 1. The Balaban J connectivity index is 3.12. The van der Waals surface area contributed by atoms with Gasteiger partial charge in [-0.05, 0) is 45.9 Å². The first-order valence-corrected chi connectivity index (χ1v) is 7.02. The predicted molar refractivity (Wildman–Crippen MR) is 83.1 cm³/mol. The predicted octanol–water partition coefficient (Wildman–Crippen LogP) is 4.17. The second kappa shape index (κ2) is 6.60. The zero-order valence-electron chi connectivity index (χ0n) is 12.9. The molecule has 0 aromatic heterocycles. The SMILES string of the molecule is CC(C)Nc1cc(NC(C)C)cc(C(=O)C(C)C)c1. The van der Waals surface area contributed by atoms with Gasteiger partial charge in [0, 0.05) is 34.9 Å². The molecule has 0 radical (unpaired) electrons. The summed E-state index contributed by atoms with van der Waals surface area (Å²) in [4.78, 5) is 12.2. The molecule has 0 aliphatic rings. The minimum absolute atomic E-state index is 0.0150. The van der Waals surface area contributed by atoms with Crippen molar-refractivity contribution in [3.05, 3.63) is 23.8 Å². The highest BCUT2D eigenvalue weighted by Gasteiger charge is 2.13. The Hall–Kier alpha value is -1.51. The molecule has 2 N–H and O–H groups in total. The molecule has 0 aliphatic carbocycles. The van der Waals surface area contributed by atoms with E-state index in [1.165, 1.54) is 0 Å². The van der Waals surface area contributed by atoms with Gasteiger partial charge in [-0.25, -0.2) is 0 Å². The van der Waals surface area contributed by atoms with E-state index < -0.39 is 0 Å². The lowest BCUT2D eigenvalue weighted by Crippen LogP contribution is -2.15. The fourth-order valence-electron chi connectivity index (χ4n) is 1.94. The van der Waals surface area contributed by atoms with E-state index in [0.29, 0.717) is 12.1 Å². The van der Waals surface area contributed by atoms with E-state index in [1.807, 2.05) is 26.0 Å². The minimum atomic E-state index is 0.0150. The monoisotopic (exact) mass is 262 g/mol. The summed E-state index contributed by atoms with van der Waals surface area (Å²) in [6, 6.07) is 6.62. The Morgan fingerprint density at radius 2 is 1.26 bits per heavy atom. The van der Waals surface area contributed by atoms with E-state index in [2.05, 4.69) is 44.4 Å². The summed E-state index contributed by atoms with van der Waals surface area (Å²) < 4.78 is 0. The van der Waals surface area contributed by atoms with Gasteiger partial charge in [0.1, 0.15) is 0 Å². The van der Waals surface area contributed by atoms with Crippen molar-refractivity contribution in [3.63, 3.8) is 0 Å². The van der Waals surface area contributed by atoms with Crippen molar-refractivity contribution in [2.45, 2.75) is 53.6 Å². The molecule has 3 nitrogen and oxygen atoms in total. The molecule has 1 rings (SSSR count).